The first-order valence-corrected chi connectivity index (χ1v) is 24.7. The van der Waals surface area contributed by atoms with Gasteiger partial charge in [-0.25, -0.2) is 0 Å². The molecule has 79 heavy (non-hydrogen) atoms. The van der Waals surface area contributed by atoms with Crippen molar-refractivity contribution in [1.82, 2.24) is 4.57 Å². The van der Waals surface area contributed by atoms with E-state index in [2.05, 4.69) is 0 Å². The highest BCUT2D eigenvalue weighted by molar-refractivity contribution is 6.12. The Kier molecular flexibility index (Phi) is 12.9. The molecular formula is C66H41F12N. The number of nitrogens with zero attached hydrogens (tertiary/aromatic N) is 1. The lowest BCUT2D eigenvalue weighted by atomic mass is 9.91. The highest BCUT2D eigenvalue weighted by Gasteiger charge is 2.38. The molecule has 11 aromatic rings. The average molecular weight is 1080 g/mol. The Morgan fingerprint density at radius 2 is 0.557 bits per heavy atom. The zero-order valence-electron chi connectivity index (χ0n) is 41.7. The third kappa shape index (κ3) is 10.5. The number of benzene rings is 10. The van der Waals surface area contributed by atoms with Crippen molar-refractivity contribution in [3.05, 3.63) is 246 Å². The zero-order valence-corrected chi connectivity index (χ0v) is 41.7. The summed E-state index contributed by atoms with van der Waals surface area (Å²) in [4.78, 5) is 0. The van der Waals surface area contributed by atoms with Gasteiger partial charge in [0, 0.05) is 16.3 Å². The molecule has 1 heterocycles. The molecule has 0 spiro atoms. The summed E-state index contributed by atoms with van der Waals surface area (Å²) >= 11 is 0. The van der Waals surface area contributed by atoms with Crippen LogP contribution in [0.15, 0.2) is 212 Å². The van der Waals surface area contributed by atoms with Crippen molar-refractivity contribution in [1.29, 1.82) is 0 Å². The van der Waals surface area contributed by atoms with Crippen LogP contribution in [0.25, 0.3) is 105 Å². The van der Waals surface area contributed by atoms with Crippen molar-refractivity contribution in [3.63, 3.8) is 0 Å². The Morgan fingerprint density at radius 3 is 0.899 bits per heavy atom. The predicted molar refractivity (Wildman–Crippen MR) is 288 cm³/mol. The molecule has 0 saturated heterocycles. The molecule has 0 unspecified atom stereocenters. The van der Waals surface area contributed by atoms with E-state index >= 15 is 0 Å². The van der Waals surface area contributed by atoms with Crippen LogP contribution in [-0.2, 0) is 24.7 Å². The van der Waals surface area contributed by atoms with E-state index in [1.807, 2.05) is 135 Å². The molecule has 0 aliphatic heterocycles. The minimum atomic E-state index is -5.11. The summed E-state index contributed by atoms with van der Waals surface area (Å²) in [5.41, 5.74) is 6.75. The van der Waals surface area contributed by atoms with E-state index in [0.29, 0.717) is 78.4 Å². The van der Waals surface area contributed by atoms with Gasteiger partial charge in [0.1, 0.15) is 0 Å². The van der Waals surface area contributed by atoms with Gasteiger partial charge >= 0.3 is 24.7 Å². The van der Waals surface area contributed by atoms with Gasteiger partial charge in [0.15, 0.2) is 0 Å². The van der Waals surface area contributed by atoms with Gasteiger partial charge in [-0.1, -0.05) is 114 Å². The van der Waals surface area contributed by atoms with Crippen molar-refractivity contribution < 1.29 is 52.7 Å². The third-order valence-corrected chi connectivity index (χ3v) is 14.2. The lowest BCUT2D eigenvalue weighted by Gasteiger charge is -2.18. The van der Waals surface area contributed by atoms with Gasteiger partial charge in [0.25, 0.3) is 0 Å². The number of rotatable bonds is 8. The third-order valence-electron chi connectivity index (χ3n) is 14.2. The van der Waals surface area contributed by atoms with Crippen LogP contribution in [0.3, 0.4) is 0 Å². The van der Waals surface area contributed by atoms with Crippen LogP contribution in [0.4, 0.5) is 52.7 Å². The maximum atomic E-state index is 14.4. The summed E-state index contributed by atoms with van der Waals surface area (Å²) in [5.74, 6) is 0. The second kappa shape index (κ2) is 19.6. The normalized spacial score (nSPS) is 12.4. The minimum absolute atomic E-state index is 0.0741. The molecule has 0 bridgehead atoms. The summed E-state index contributed by atoms with van der Waals surface area (Å²) in [6.07, 6.45) is -19.3. The molecule has 0 amide bonds. The smallest absolute Gasteiger partial charge is 0.309 e. The van der Waals surface area contributed by atoms with Crippen LogP contribution in [0.5, 0.6) is 0 Å². The van der Waals surface area contributed by atoms with Gasteiger partial charge in [0.2, 0.25) is 0 Å². The number of aromatic nitrogens is 1. The highest BCUT2D eigenvalue weighted by atomic mass is 19.4. The number of fused-ring (bicyclic) bond motifs is 3. The summed E-state index contributed by atoms with van der Waals surface area (Å²) < 4.78 is 170. The van der Waals surface area contributed by atoms with Gasteiger partial charge in [0.05, 0.1) is 39.0 Å². The van der Waals surface area contributed by atoms with E-state index in [0.717, 1.165) is 57.6 Å². The van der Waals surface area contributed by atoms with E-state index in [4.69, 9.17) is 0 Å². The maximum absolute atomic E-state index is 14.4. The zero-order chi connectivity index (χ0) is 55.8. The molecule has 1 aromatic heterocycles. The fourth-order valence-corrected chi connectivity index (χ4v) is 10.1. The SMILES string of the molecule is Cc1ccc(-c2cc(-c3ccc(C(F)(F)F)cc3)cc(-c3ccc4c(c3)c3cc(-c5cc(-c6ccc(C)cc6)cc(-c6ccc(C(F)(F)F)cc6)c5)ccc3n4-c3ccccc3-c3cc(C(F)(F)F)cc(C(F)(F)F)c3)c2)cc1. The Bertz CT molecular complexity index is 3860. The monoisotopic (exact) mass is 1080 g/mol. The summed E-state index contributed by atoms with van der Waals surface area (Å²) in [5, 5.41) is 1.25. The maximum Gasteiger partial charge on any atom is 0.416 e. The standard InChI is InChI=1S/C66H41F12N/c1-38-7-11-40(12-8-38)46-27-48(42-15-21-53(22-16-42)63(67,68)69)31-50(29-46)44-19-25-61-58(35-44)59-36-45(51-30-47(41-13-9-39(2)10-14-41)28-49(32-51)43-17-23-54(24-18-43)64(70,71)72)20-26-62(59)79(61)60-6-4-3-5-57(60)52-33-55(65(73,74)75)37-56(34-52)66(76,77)78/h3-37H,1-2H3. The first kappa shape index (κ1) is 52.2. The van der Waals surface area contributed by atoms with Crippen molar-refractivity contribution in [2.75, 3.05) is 0 Å². The van der Waals surface area contributed by atoms with Gasteiger partial charge < -0.3 is 4.57 Å². The van der Waals surface area contributed by atoms with Crippen LogP contribution in [0, 0.1) is 13.8 Å². The summed E-state index contributed by atoms with van der Waals surface area (Å²) in [6, 6.07) is 55.6. The highest BCUT2D eigenvalue weighted by Crippen LogP contribution is 2.45. The first-order chi connectivity index (χ1) is 37.4. The second-order valence-corrected chi connectivity index (χ2v) is 19.6. The molecule has 0 aliphatic carbocycles. The first-order valence-electron chi connectivity index (χ1n) is 24.7. The molecule has 0 atom stereocenters. The molecule has 11 rings (SSSR count). The number of aryl methyl sites for hydroxylation is 2. The van der Waals surface area contributed by atoms with Crippen LogP contribution in [0.2, 0.25) is 0 Å². The Balaban J connectivity index is 1.16. The van der Waals surface area contributed by atoms with Crippen molar-refractivity contribution >= 4 is 21.8 Å². The molecule has 13 heteroatoms. The Hall–Kier alpha value is -8.84. The summed E-state index contributed by atoms with van der Waals surface area (Å²) in [7, 11) is 0. The molecule has 0 fully saturated rings. The van der Waals surface area contributed by atoms with E-state index in [9.17, 15) is 52.7 Å². The number of para-hydroxylation sites is 1. The molecule has 0 N–H and O–H groups in total. The van der Waals surface area contributed by atoms with E-state index < -0.39 is 47.0 Å². The van der Waals surface area contributed by atoms with E-state index in [-0.39, 0.29) is 22.9 Å². The Morgan fingerprint density at radius 1 is 0.253 bits per heavy atom. The molecule has 10 aromatic carbocycles. The quantitative estimate of drug-likeness (QED) is 0.134. The number of hydrogen-bond acceptors (Lipinski definition) is 0. The largest absolute Gasteiger partial charge is 0.416 e. The van der Waals surface area contributed by atoms with Gasteiger partial charge in [-0.05, 0) is 195 Å². The van der Waals surface area contributed by atoms with Crippen LogP contribution < -0.4 is 0 Å². The molecule has 0 saturated carbocycles. The number of alkyl halides is 12. The molecule has 0 aliphatic rings. The lowest BCUT2D eigenvalue weighted by Crippen LogP contribution is -2.11. The van der Waals surface area contributed by atoms with Crippen LogP contribution in [0.1, 0.15) is 33.4 Å². The average Bonchev–Trinajstić information content (AvgIpc) is 4.04. The van der Waals surface area contributed by atoms with E-state index in [1.54, 1.807) is 16.7 Å². The van der Waals surface area contributed by atoms with Crippen molar-refractivity contribution in [2.45, 2.75) is 38.6 Å². The Labute approximate surface area is 445 Å². The predicted octanol–water partition coefficient (Wildman–Crippen LogP) is 21.1. The number of hydrogen-bond donors (Lipinski definition) is 0. The summed E-state index contributed by atoms with van der Waals surface area (Å²) in [6.45, 7) is 3.89. The van der Waals surface area contributed by atoms with Crippen LogP contribution >= 0.6 is 0 Å². The molecular weight excluding hydrogens is 1030 g/mol. The van der Waals surface area contributed by atoms with Gasteiger partial charge in [-0.2, -0.15) is 52.7 Å². The fourth-order valence-electron chi connectivity index (χ4n) is 10.1. The van der Waals surface area contributed by atoms with Gasteiger partial charge in [-0.3, -0.25) is 0 Å². The number of halogens is 12. The topological polar surface area (TPSA) is 4.93 Å². The molecule has 1 nitrogen and oxygen atoms in total. The van der Waals surface area contributed by atoms with Crippen molar-refractivity contribution in [2.24, 2.45) is 0 Å². The fraction of sp³-hybridized carbons (Fsp3) is 0.0909. The molecule has 0 radical (unpaired) electrons. The molecule has 394 valence electrons. The second-order valence-electron chi connectivity index (χ2n) is 19.6. The minimum Gasteiger partial charge on any atom is -0.309 e. The van der Waals surface area contributed by atoms with Crippen molar-refractivity contribution in [3.8, 4) is 83.6 Å². The lowest BCUT2D eigenvalue weighted by molar-refractivity contribution is -0.143. The van der Waals surface area contributed by atoms with Gasteiger partial charge in [-0.15, -0.1) is 0 Å². The van der Waals surface area contributed by atoms with Crippen LogP contribution in [-0.4, -0.2) is 4.57 Å². The van der Waals surface area contributed by atoms with E-state index in [1.165, 1.54) is 36.4 Å².